The first kappa shape index (κ1) is 15.7. The summed E-state index contributed by atoms with van der Waals surface area (Å²) in [5.41, 5.74) is 0.893. The molecule has 0 aliphatic carbocycles. The normalized spacial score (nSPS) is 11.0. The van der Waals surface area contributed by atoms with Gasteiger partial charge < -0.3 is 9.73 Å². The van der Waals surface area contributed by atoms with Gasteiger partial charge in [-0.1, -0.05) is 13.0 Å². The third-order valence-corrected chi connectivity index (χ3v) is 4.04. The Morgan fingerprint density at radius 1 is 1.48 bits per heavy atom. The Balaban J connectivity index is 2.06. The van der Waals surface area contributed by atoms with E-state index in [0.717, 1.165) is 22.9 Å². The van der Waals surface area contributed by atoms with Crippen molar-refractivity contribution >= 4 is 17.2 Å². The van der Waals surface area contributed by atoms with Gasteiger partial charge in [0.15, 0.2) is 0 Å². The molecule has 2 aromatic rings. The standard InChI is InChI=1S/C15H21N3O2S/c1-4-16-14(19)10-18(5-2)9-12-11(3)20-15(17-12)13-7-6-8-21-13/h6-8H,4-5,9-10H2,1-3H3,(H,16,19). The zero-order valence-electron chi connectivity index (χ0n) is 12.7. The number of rotatable bonds is 7. The van der Waals surface area contributed by atoms with Crippen molar-refractivity contribution in [1.82, 2.24) is 15.2 Å². The predicted octanol–water partition coefficient (Wildman–Crippen LogP) is 2.67. The molecule has 0 saturated heterocycles. The summed E-state index contributed by atoms with van der Waals surface area (Å²) >= 11 is 1.61. The molecule has 114 valence electrons. The largest absolute Gasteiger partial charge is 0.440 e. The van der Waals surface area contributed by atoms with Crippen LogP contribution in [-0.2, 0) is 11.3 Å². The van der Waals surface area contributed by atoms with Crippen LogP contribution in [0.3, 0.4) is 0 Å². The molecule has 0 aliphatic heterocycles. The van der Waals surface area contributed by atoms with Gasteiger partial charge in [-0.15, -0.1) is 11.3 Å². The van der Waals surface area contributed by atoms with E-state index in [9.17, 15) is 4.79 Å². The van der Waals surface area contributed by atoms with Crippen LogP contribution in [0.2, 0.25) is 0 Å². The van der Waals surface area contributed by atoms with Crippen LogP contribution in [0, 0.1) is 6.92 Å². The fourth-order valence-corrected chi connectivity index (χ4v) is 2.68. The number of carbonyl (C=O) groups is 1. The van der Waals surface area contributed by atoms with E-state index >= 15 is 0 Å². The average Bonchev–Trinajstić information content (AvgIpc) is 3.08. The van der Waals surface area contributed by atoms with Crippen molar-refractivity contribution in [1.29, 1.82) is 0 Å². The van der Waals surface area contributed by atoms with Crippen molar-refractivity contribution in [3.8, 4) is 10.8 Å². The first-order chi connectivity index (χ1) is 10.1. The number of nitrogens with one attached hydrogen (secondary N) is 1. The lowest BCUT2D eigenvalue weighted by atomic mass is 10.3. The van der Waals surface area contributed by atoms with E-state index in [2.05, 4.69) is 10.3 Å². The minimum atomic E-state index is 0.0407. The van der Waals surface area contributed by atoms with Gasteiger partial charge in [-0.3, -0.25) is 9.69 Å². The third kappa shape index (κ3) is 4.15. The number of oxazole rings is 1. The van der Waals surface area contributed by atoms with Gasteiger partial charge in [0.25, 0.3) is 0 Å². The Morgan fingerprint density at radius 2 is 2.29 bits per heavy atom. The van der Waals surface area contributed by atoms with Crippen LogP contribution in [0.15, 0.2) is 21.9 Å². The van der Waals surface area contributed by atoms with Gasteiger partial charge in [-0.05, 0) is 31.8 Å². The van der Waals surface area contributed by atoms with E-state index in [-0.39, 0.29) is 5.91 Å². The topological polar surface area (TPSA) is 58.4 Å². The van der Waals surface area contributed by atoms with Gasteiger partial charge in [0.05, 0.1) is 17.1 Å². The van der Waals surface area contributed by atoms with Gasteiger partial charge in [0.1, 0.15) is 5.76 Å². The summed E-state index contributed by atoms with van der Waals surface area (Å²) in [6.45, 7) is 8.32. The third-order valence-electron chi connectivity index (χ3n) is 3.19. The fourth-order valence-electron chi connectivity index (χ4n) is 2.03. The predicted molar refractivity (Wildman–Crippen MR) is 84.2 cm³/mol. The molecule has 0 bridgehead atoms. The van der Waals surface area contributed by atoms with E-state index in [1.54, 1.807) is 11.3 Å². The molecule has 0 saturated carbocycles. The van der Waals surface area contributed by atoms with E-state index < -0.39 is 0 Å². The van der Waals surface area contributed by atoms with Gasteiger partial charge in [-0.25, -0.2) is 4.98 Å². The van der Waals surface area contributed by atoms with Crippen molar-refractivity contribution in [3.05, 3.63) is 29.0 Å². The van der Waals surface area contributed by atoms with Crippen LogP contribution in [0.5, 0.6) is 0 Å². The molecule has 2 heterocycles. The molecular formula is C15H21N3O2S. The Morgan fingerprint density at radius 3 is 2.90 bits per heavy atom. The Kier molecular flexibility index (Phi) is 5.52. The lowest BCUT2D eigenvalue weighted by Crippen LogP contribution is -2.36. The summed E-state index contributed by atoms with van der Waals surface area (Å²) in [7, 11) is 0. The van der Waals surface area contributed by atoms with Gasteiger partial charge in [0, 0.05) is 13.1 Å². The van der Waals surface area contributed by atoms with E-state index in [1.165, 1.54) is 0 Å². The molecule has 6 heteroatoms. The molecule has 5 nitrogen and oxygen atoms in total. The minimum Gasteiger partial charge on any atom is -0.440 e. The molecule has 2 rings (SSSR count). The number of aromatic nitrogens is 1. The highest BCUT2D eigenvalue weighted by Crippen LogP contribution is 2.26. The maximum Gasteiger partial charge on any atom is 0.236 e. The molecule has 0 aliphatic rings. The SMILES string of the molecule is CCNC(=O)CN(CC)Cc1nc(-c2cccs2)oc1C. The second kappa shape index (κ2) is 7.38. The second-order valence-electron chi connectivity index (χ2n) is 4.76. The van der Waals surface area contributed by atoms with Crippen molar-refractivity contribution in [2.45, 2.75) is 27.3 Å². The van der Waals surface area contributed by atoms with E-state index in [4.69, 9.17) is 4.42 Å². The summed E-state index contributed by atoms with van der Waals surface area (Å²) in [6.07, 6.45) is 0. The summed E-state index contributed by atoms with van der Waals surface area (Å²) in [6, 6.07) is 3.97. The lowest BCUT2D eigenvalue weighted by molar-refractivity contribution is -0.122. The van der Waals surface area contributed by atoms with Crippen LogP contribution in [0.1, 0.15) is 25.3 Å². The van der Waals surface area contributed by atoms with Crippen molar-refractivity contribution in [2.24, 2.45) is 0 Å². The highest BCUT2D eigenvalue weighted by molar-refractivity contribution is 7.13. The number of hydrogen-bond donors (Lipinski definition) is 1. The first-order valence-electron chi connectivity index (χ1n) is 7.13. The number of amides is 1. The summed E-state index contributed by atoms with van der Waals surface area (Å²) in [5, 5.41) is 4.82. The zero-order valence-corrected chi connectivity index (χ0v) is 13.5. The van der Waals surface area contributed by atoms with Crippen LogP contribution in [-0.4, -0.2) is 35.4 Å². The molecule has 21 heavy (non-hydrogen) atoms. The monoisotopic (exact) mass is 307 g/mol. The number of aryl methyl sites for hydroxylation is 1. The minimum absolute atomic E-state index is 0.0407. The number of likely N-dealkylation sites (N-methyl/N-ethyl adjacent to an activating group) is 2. The number of nitrogens with zero attached hydrogens (tertiary/aromatic N) is 2. The molecule has 0 aromatic carbocycles. The van der Waals surface area contributed by atoms with Gasteiger partial charge in [-0.2, -0.15) is 0 Å². The number of thiophene rings is 1. The van der Waals surface area contributed by atoms with Gasteiger partial charge in [0.2, 0.25) is 11.8 Å². The average molecular weight is 307 g/mol. The summed E-state index contributed by atoms with van der Waals surface area (Å²) in [4.78, 5) is 19.3. The Hall–Kier alpha value is -1.66. The fraction of sp³-hybridized carbons (Fsp3) is 0.467. The van der Waals surface area contributed by atoms with E-state index in [1.807, 2.05) is 43.2 Å². The lowest BCUT2D eigenvalue weighted by Gasteiger charge is -2.18. The molecule has 2 aromatic heterocycles. The molecule has 0 fully saturated rings. The van der Waals surface area contributed by atoms with Crippen LogP contribution >= 0.6 is 11.3 Å². The summed E-state index contributed by atoms with van der Waals surface area (Å²) in [5.74, 6) is 1.51. The van der Waals surface area contributed by atoms with Crippen molar-refractivity contribution in [3.63, 3.8) is 0 Å². The maximum atomic E-state index is 11.7. The smallest absolute Gasteiger partial charge is 0.236 e. The molecule has 0 atom stereocenters. The Labute approximate surface area is 129 Å². The molecule has 1 amide bonds. The Bertz CT molecular complexity index is 578. The highest BCUT2D eigenvalue weighted by atomic mass is 32.1. The van der Waals surface area contributed by atoms with E-state index in [0.29, 0.717) is 25.5 Å². The highest BCUT2D eigenvalue weighted by Gasteiger charge is 2.16. The van der Waals surface area contributed by atoms with Crippen LogP contribution in [0.4, 0.5) is 0 Å². The van der Waals surface area contributed by atoms with Crippen LogP contribution in [0.25, 0.3) is 10.8 Å². The molecule has 0 unspecified atom stereocenters. The zero-order chi connectivity index (χ0) is 15.2. The molecular weight excluding hydrogens is 286 g/mol. The van der Waals surface area contributed by atoms with Crippen molar-refractivity contribution in [2.75, 3.05) is 19.6 Å². The summed E-state index contributed by atoms with van der Waals surface area (Å²) < 4.78 is 5.73. The number of hydrogen-bond acceptors (Lipinski definition) is 5. The molecule has 1 N–H and O–H groups in total. The number of carbonyl (C=O) groups excluding carboxylic acids is 1. The quantitative estimate of drug-likeness (QED) is 0.854. The maximum absolute atomic E-state index is 11.7. The van der Waals surface area contributed by atoms with Crippen LogP contribution < -0.4 is 5.32 Å². The molecule has 0 radical (unpaired) electrons. The van der Waals surface area contributed by atoms with Gasteiger partial charge >= 0.3 is 0 Å². The second-order valence-corrected chi connectivity index (χ2v) is 5.70. The first-order valence-corrected chi connectivity index (χ1v) is 8.01. The molecule has 0 spiro atoms. The van der Waals surface area contributed by atoms with Crippen molar-refractivity contribution < 1.29 is 9.21 Å².